The van der Waals surface area contributed by atoms with Gasteiger partial charge in [-0.2, -0.15) is 0 Å². The van der Waals surface area contributed by atoms with Gasteiger partial charge in [0.1, 0.15) is 12.4 Å². The molecule has 1 aliphatic heterocycles. The van der Waals surface area contributed by atoms with Crippen LogP contribution in [0, 0.1) is 3.57 Å². The third kappa shape index (κ3) is 5.90. The van der Waals surface area contributed by atoms with Crippen molar-refractivity contribution in [2.75, 3.05) is 26.2 Å². The molecule has 8 heteroatoms. The van der Waals surface area contributed by atoms with Gasteiger partial charge in [0.2, 0.25) is 10.0 Å². The van der Waals surface area contributed by atoms with Crippen LogP contribution in [0.5, 0.6) is 5.75 Å². The number of piperidine rings is 1. The number of nitrogens with zero attached hydrogens (tertiary/aromatic N) is 1. The van der Waals surface area contributed by atoms with E-state index in [0.717, 1.165) is 46.3 Å². The van der Waals surface area contributed by atoms with Crippen LogP contribution in [-0.2, 0) is 10.0 Å². The Morgan fingerprint density at radius 2 is 1.81 bits per heavy atom. The molecule has 1 fully saturated rings. The van der Waals surface area contributed by atoms with Gasteiger partial charge in [-0.05, 0) is 88.7 Å². The summed E-state index contributed by atoms with van der Waals surface area (Å²) in [4.78, 5) is 2.64. The predicted octanol–water partition coefficient (Wildman–Crippen LogP) is 3.88. The molecule has 0 aliphatic carbocycles. The first-order valence-electron chi connectivity index (χ1n) is 8.82. The van der Waals surface area contributed by atoms with E-state index >= 15 is 0 Å². The largest absolute Gasteiger partial charge is 0.491 e. The van der Waals surface area contributed by atoms with Crippen molar-refractivity contribution >= 4 is 48.5 Å². The van der Waals surface area contributed by atoms with Crippen molar-refractivity contribution in [3.8, 4) is 5.75 Å². The Morgan fingerprint density at radius 1 is 1.11 bits per heavy atom. The Kier molecular flexibility index (Phi) is 7.55. The molecule has 0 amide bonds. The number of likely N-dealkylation sites (tertiary alicyclic amines) is 1. The summed E-state index contributed by atoms with van der Waals surface area (Å²) in [7, 11) is -3.44. The van der Waals surface area contributed by atoms with Crippen LogP contribution >= 0.6 is 38.5 Å². The minimum Gasteiger partial charge on any atom is -0.491 e. The van der Waals surface area contributed by atoms with Crippen LogP contribution in [0.3, 0.4) is 0 Å². The number of halogens is 2. The van der Waals surface area contributed by atoms with Gasteiger partial charge in [-0.3, -0.25) is 4.90 Å². The van der Waals surface area contributed by atoms with E-state index < -0.39 is 10.0 Å². The molecule has 1 saturated heterocycles. The average Bonchev–Trinajstić information content (AvgIpc) is 2.67. The molecule has 0 bridgehead atoms. The average molecular weight is 565 g/mol. The highest BCUT2D eigenvalue weighted by Crippen LogP contribution is 2.28. The molecular weight excluding hydrogens is 543 g/mol. The van der Waals surface area contributed by atoms with Gasteiger partial charge in [0.05, 0.1) is 8.47 Å². The molecule has 0 unspecified atom stereocenters. The highest BCUT2D eigenvalue weighted by molar-refractivity contribution is 14.1. The van der Waals surface area contributed by atoms with Crippen molar-refractivity contribution < 1.29 is 13.2 Å². The molecule has 0 radical (unpaired) electrons. The molecule has 1 aliphatic rings. The molecule has 5 nitrogen and oxygen atoms in total. The van der Waals surface area contributed by atoms with E-state index in [0.29, 0.717) is 11.5 Å². The van der Waals surface area contributed by atoms with Gasteiger partial charge in [0.15, 0.2) is 0 Å². The Balaban J connectivity index is 1.43. The molecule has 2 aromatic rings. The summed E-state index contributed by atoms with van der Waals surface area (Å²) >= 11 is 5.78. The molecule has 1 heterocycles. The number of benzene rings is 2. The number of hydrogen-bond donors (Lipinski definition) is 1. The van der Waals surface area contributed by atoms with Crippen molar-refractivity contribution in [1.29, 1.82) is 0 Å². The zero-order valence-electron chi connectivity index (χ0n) is 14.8. The van der Waals surface area contributed by atoms with Gasteiger partial charge >= 0.3 is 0 Å². The highest BCUT2D eigenvalue weighted by atomic mass is 127. The van der Waals surface area contributed by atoms with Gasteiger partial charge in [-0.15, -0.1) is 0 Å². The van der Waals surface area contributed by atoms with Crippen LogP contribution in [0.2, 0.25) is 0 Å². The van der Waals surface area contributed by atoms with Crippen molar-refractivity contribution in [2.24, 2.45) is 0 Å². The maximum atomic E-state index is 12.4. The van der Waals surface area contributed by atoms with Crippen molar-refractivity contribution in [1.82, 2.24) is 9.62 Å². The van der Waals surface area contributed by atoms with Crippen molar-refractivity contribution in [2.45, 2.75) is 23.8 Å². The fourth-order valence-electron chi connectivity index (χ4n) is 3.04. The lowest BCUT2D eigenvalue weighted by molar-refractivity contribution is 0.170. The molecule has 3 rings (SSSR count). The summed E-state index contributed by atoms with van der Waals surface area (Å²) < 4.78 is 35.7. The summed E-state index contributed by atoms with van der Waals surface area (Å²) in [5.74, 6) is 0.885. The van der Waals surface area contributed by atoms with Crippen LogP contribution in [0.1, 0.15) is 12.8 Å². The van der Waals surface area contributed by atoms with Crippen molar-refractivity contribution in [3.63, 3.8) is 0 Å². The molecule has 27 heavy (non-hydrogen) atoms. The molecule has 2 aromatic carbocycles. The van der Waals surface area contributed by atoms with E-state index in [9.17, 15) is 8.42 Å². The third-order valence-corrected chi connectivity index (χ3v) is 8.60. The Bertz CT molecular complexity index is 857. The minimum atomic E-state index is -3.44. The Hall–Kier alpha value is -0.680. The molecular formula is C19H22BrIN2O3S. The van der Waals surface area contributed by atoms with Gasteiger partial charge in [-0.1, -0.05) is 24.3 Å². The van der Waals surface area contributed by atoms with E-state index in [1.807, 2.05) is 24.3 Å². The number of hydrogen-bond acceptors (Lipinski definition) is 4. The smallest absolute Gasteiger partial charge is 0.240 e. The lowest BCUT2D eigenvalue weighted by Gasteiger charge is -2.32. The van der Waals surface area contributed by atoms with Crippen LogP contribution in [0.15, 0.2) is 57.9 Å². The summed E-state index contributed by atoms with van der Waals surface area (Å²) in [5.41, 5.74) is 0. The Labute approximate surface area is 182 Å². The molecule has 0 aromatic heterocycles. The van der Waals surface area contributed by atoms with E-state index in [2.05, 4.69) is 48.1 Å². The van der Waals surface area contributed by atoms with Crippen LogP contribution in [0.4, 0.5) is 0 Å². The molecule has 1 N–H and O–H groups in total. The van der Waals surface area contributed by atoms with E-state index in [1.54, 1.807) is 24.3 Å². The summed E-state index contributed by atoms with van der Waals surface area (Å²) in [6.45, 7) is 3.18. The first-order valence-corrected chi connectivity index (χ1v) is 12.2. The predicted molar refractivity (Wildman–Crippen MR) is 119 cm³/mol. The lowest BCUT2D eigenvalue weighted by atomic mass is 10.1. The normalized spacial score (nSPS) is 16.4. The molecule has 0 atom stereocenters. The fraction of sp³-hybridized carbons (Fsp3) is 0.368. The standard InChI is InChI=1S/C19H22BrIN2O3S/c20-17-7-4-8-18(19(17)21)26-14-13-23-11-9-15(10-12-23)22-27(24,25)16-5-2-1-3-6-16/h1-8,15,22H,9-14H2. The minimum absolute atomic E-state index is 0.0154. The van der Waals surface area contributed by atoms with Gasteiger partial charge < -0.3 is 4.74 Å². The van der Waals surface area contributed by atoms with Gasteiger partial charge in [0, 0.05) is 17.1 Å². The SMILES string of the molecule is O=S(=O)(NC1CCN(CCOc2cccc(Br)c2I)CC1)c1ccccc1. The second kappa shape index (κ2) is 9.69. The monoisotopic (exact) mass is 564 g/mol. The second-order valence-electron chi connectivity index (χ2n) is 6.45. The highest BCUT2D eigenvalue weighted by Gasteiger charge is 2.24. The summed E-state index contributed by atoms with van der Waals surface area (Å²) in [6, 6.07) is 14.5. The topological polar surface area (TPSA) is 58.6 Å². The number of sulfonamides is 1. The number of nitrogens with one attached hydrogen (secondary N) is 1. The van der Waals surface area contributed by atoms with Crippen LogP contribution in [-0.4, -0.2) is 45.6 Å². The Morgan fingerprint density at radius 3 is 2.52 bits per heavy atom. The second-order valence-corrected chi connectivity index (χ2v) is 10.1. The van der Waals surface area contributed by atoms with Gasteiger partial charge in [0.25, 0.3) is 0 Å². The van der Waals surface area contributed by atoms with Crippen LogP contribution < -0.4 is 9.46 Å². The van der Waals surface area contributed by atoms with Gasteiger partial charge in [-0.25, -0.2) is 13.1 Å². The van der Waals surface area contributed by atoms with Crippen LogP contribution in [0.25, 0.3) is 0 Å². The zero-order chi connectivity index (χ0) is 19.3. The fourth-order valence-corrected chi connectivity index (χ4v) is 5.23. The third-order valence-electron chi connectivity index (χ3n) is 4.54. The number of ether oxygens (including phenoxy) is 1. The first-order chi connectivity index (χ1) is 13.0. The maximum Gasteiger partial charge on any atom is 0.240 e. The zero-order valence-corrected chi connectivity index (χ0v) is 19.3. The quantitative estimate of drug-likeness (QED) is 0.519. The van der Waals surface area contributed by atoms with E-state index in [-0.39, 0.29) is 6.04 Å². The van der Waals surface area contributed by atoms with Crippen molar-refractivity contribution in [3.05, 3.63) is 56.6 Å². The first kappa shape index (κ1) is 21.0. The summed E-state index contributed by atoms with van der Waals surface area (Å²) in [5, 5.41) is 0. The lowest BCUT2D eigenvalue weighted by Crippen LogP contribution is -2.45. The molecule has 0 spiro atoms. The van der Waals surface area contributed by atoms with E-state index in [1.165, 1.54) is 0 Å². The molecule has 0 saturated carbocycles. The molecule has 146 valence electrons. The number of rotatable bonds is 7. The maximum absolute atomic E-state index is 12.4. The summed E-state index contributed by atoms with van der Waals surface area (Å²) in [6.07, 6.45) is 1.61. The van der Waals surface area contributed by atoms with E-state index in [4.69, 9.17) is 4.74 Å².